The number of aromatic nitrogens is 1. The molecule has 0 radical (unpaired) electrons. The maximum atomic E-state index is 13.8. The van der Waals surface area contributed by atoms with Crippen molar-refractivity contribution in [3.8, 4) is 11.3 Å². The summed E-state index contributed by atoms with van der Waals surface area (Å²) in [7, 11) is -3.67. The van der Waals surface area contributed by atoms with Crippen LogP contribution in [-0.4, -0.2) is 36.7 Å². The van der Waals surface area contributed by atoms with Gasteiger partial charge in [0, 0.05) is 34.7 Å². The molecule has 3 aromatic carbocycles. The number of hydrogen-bond donors (Lipinski definition) is 1. The van der Waals surface area contributed by atoms with Crippen LogP contribution >= 0.6 is 11.6 Å². The molecule has 0 bridgehead atoms. The van der Waals surface area contributed by atoms with Gasteiger partial charge in [0.2, 0.25) is 10.0 Å². The number of aryl methyl sites for hydroxylation is 1. The van der Waals surface area contributed by atoms with Crippen molar-refractivity contribution in [3.05, 3.63) is 88.4 Å². The second-order valence-corrected chi connectivity index (χ2v) is 12.1. The Hall–Kier alpha value is -3.26. The molecule has 5 rings (SSSR count). The van der Waals surface area contributed by atoms with Gasteiger partial charge in [0.05, 0.1) is 21.7 Å². The minimum atomic E-state index is -3.67. The van der Waals surface area contributed by atoms with Gasteiger partial charge >= 0.3 is 0 Å². The molecule has 1 fully saturated rings. The normalized spacial score (nSPS) is 14.8. The van der Waals surface area contributed by atoms with E-state index in [4.69, 9.17) is 16.6 Å². The molecule has 0 aliphatic carbocycles. The van der Waals surface area contributed by atoms with Crippen LogP contribution in [0.15, 0.2) is 71.6 Å². The van der Waals surface area contributed by atoms with Gasteiger partial charge in [-0.1, -0.05) is 60.8 Å². The van der Waals surface area contributed by atoms with Gasteiger partial charge in [0.25, 0.3) is 5.91 Å². The molecule has 1 aliphatic rings. The van der Waals surface area contributed by atoms with Gasteiger partial charge in [-0.05, 0) is 68.1 Å². The SMILES string of the molecule is Cc1ccc(NC(=O)c2c(C)c(-c3cccc(Cl)c3)nc3ccccc23)cc1S(=O)(=O)N1CCCCCC1. The zero-order chi connectivity index (χ0) is 26.9. The van der Waals surface area contributed by atoms with Crippen molar-refractivity contribution in [2.75, 3.05) is 18.4 Å². The van der Waals surface area contributed by atoms with Gasteiger partial charge in [-0.2, -0.15) is 4.31 Å². The molecule has 0 atom stereocenters. The molecule has 1 aliphatic heterocycles. The molecule has 196 valence electrons. The van der Waals surface area contributed by atoms with Crippen LogP contribution in [0.2, 0.25) is 5.02 Å². The number of nitrogens with zero attached hydrogens (tertiary/aromatic N) is 2. The molecule has 1 N–H and O–H groups in total. The molecule has 0 spiro atoms. The summed E-state index contributed by atoms with van der Waals surface area (Å²) in [6, 6.07) is 19.9. The van der Waals surface area contributed by atoms with Crippen LogP contribution in [0.4, 0.5) is 5.69 Å². The number of carbonyl (C=O) groups excluding carboxylic acids is 1. The summed E-state index contributed by atoms with van der Waals surface area (Å²) in [5.41, 5.74) is 4.46. The number of carbonyl (C=O) groups is 1. The van der Waals surface area contributed by atoms with Gasteiger partial charge < -0.3 is 5.32 Å². The van der Waals surface area contributed by atoms with E-state index < -0.39 is 10.0 Å². The number of sulfonamides is 1. The molecule has 1 aromatic heterocycles. The van der Waals surface area contributed by atoms with Crippen molar-refractivity contribution in [2.24, 2.45) is 0 Å². The maximum Gasteiger partial charge on any atom is 0.256 e. The summed E-state index contributed by atoms with van der Waals surface area (Å²) >= 11 is 6.24. The number of amides is 1. The largest absolute Gasteiger partial charge is 0.322 e. The van der Waals surface area contributed by atoms with E-state index in [1.807, 2.05) is 49.4 Å². The second-order valence-electron chi connectivity index (χ2n) is 9.74. The number of nitrogens with one attached hydrogen (secondary N) is 1. The smallest absolute Gasteiger partial charge is 0.256 e. The topological polar surface area (TPSA) is 79.4 Å². The van der Waals surface area contributed by atoms with Crippen LogP contribution < -0.4 is 5.32 Å². The summed E-state index contributed by atoms with van der Waals surface area (Å²) < 4.78 is 28.6. The third-order valence-electron chi connectivity index (χ3n) is 7.09. The summed E-state index contributed by atoms with van der Waals surface area (Å²) in [6.45, 7) is 4.70. The Morgan fingerprint density at radius 2 is 1.66 bits per heavy atom. The lowest BCUT2D eigenvalue weighted by molar-refractivity contribution is 0.102. The first-order chi connectivity index (χ1) is 18.3. The van der Waals surface area contributed by atoms with Crippen LogP contribution in [0.25, 0.3) is 22.2 Å². The fourth-order valence-electron chi connectivity index (χ4n) is 5.09. The Kier molecular flexibility index (Phi) is 7.52. The molecular weight excluding hydrogens is 518 g/mol. The first kappa shape index (κ1) is 26.4. The number of para-hydroxylation sites is 1. The molecule has 1 amide bonds. The molecule has 0 unspecified atom stereocenters. The van der Waals surface area contributed by atoms with Crippen molar-refractivity contribution >= 4 is 44.1 Å². The number of halogens is 1. The highest BCUT2D eigenvalue weighted by Crippen LogP contribution is 2.32. The number of benzene rings is 3. The lowest BCUT2D eigenvalue weighted by atomic mass is 9.97. The third kappa shape index (κ3) is 5.19. The zero-order valence-electron chi connectivity index (χ0n) is 21.5. The van der Waals surface area contributed by atoms with E-state index in [0.717, 1.165) is 36.6 Å². The molecule has 38 heavy (non-hydrogen) atoms. The Morgan fingerprint density at radius 3 is 2.39 bits per heavy atom. The fraction of sp³-hybridized carbons (Fsp3) is 0.267. The monoisotopic (exact) mass is 547 g/mol. The standard InChI is InChI=1S/C30H30ClN3O3S/c1-20-14-15-24(19-27(20)38(36,37)34-16-7-3-4-8-17-34)32-30(35)28-21(2)29(22-10-9-11-23(31)18-22)33-26-13-6-5-12-25(26)28/h5-6,9-15,18-19H,3-4,7-8,16-17H2,1-2H3,(H,32,35). The summed E-state index contributed by atoms with van der Waals surface area (Å²) in [5, 5.41) is 4.26. The Balaban J connectivity index is 1.54. The molecule has 6 nitrogen and oxygen atoms in total. The van der Waals surface area contributed by atoms with Crippen molar-refractivity contribution in [3.63, 3.8) is 0 Å². The number of fused-ring (bicyclic) bond motifs is 1. The van der Waals surface area contributed by atoms with Gasteiger partial charge in [0.1, 0.15) is 0 Å². The minimum Gasteiger partial charge on any atom is -0.322 e. The van der Waals surface area contributed by atoms with Crippen LogP contribution in [-0.2, 0) is 10.0 Å². The average Bonchev–Trinajstić information content (AvgIpc) is 3.20. The Labute approximate surface area is 228 Å². The average molecular weight is 548 g/mol. The van der Waals surface area contributed by atoms with Crippen LogP contribution in [0.3, 0.4) is 0 Å². The predicted octanol–water partition coefficient (Wildman–Crippen LogP) is 6.99. The van der Waals surface area contributed by atoms with Crippen molar-refractivity contribution < 1.29 is 13.2 Å². The maximum absolute atomic E-state index is 13.8. The molecule has 4 aromatic rings. The van der Waals surface area contributed by atoms with E-state index in [0.29, 0.717) is 51.7 Å². The second kappa shape index (κ2) is 10.8. The summed E-state index contributed by atoms with van der Waals surface area (Å²) in [6.07, 6.45) is 3.80. The summed E-state index contributed by atoms with van der Waals surface area (Å²) in [5.74, 6) is -0.327. The van der Waals surface area contributed by atoms with Crippen molar-refractivity contribution in [1.29, 1.82) is 0 Å². The van der Waals surface area contributed by atoms with E-state index in [2.05, 4.69) is 5.32 Å². The van der Waals surface area contributed by atoms with E-state index >= 15 is 0 Å². The highest BCUT2D eigenvalue weighted by Gasteiger charge is 2.27. The third-order valence-corrected chi connectivity index (χ3v) is 9.37. The molecule has 8 heteroatoms. The highest BCUT2D eigenvalue weighted by atomic mass is 35.5. The summed E-state index contributed by atoms with van der Waals surface area (Å²) in [4.78, 5) is 18.8. The van der Waals surface area contributed by atoms with Crippen molar-refractivity contribution in [2.45, 2.75) is 44.4 Å². The lowest BCUT2D eigenvalue weighted by Gasteiger charge is -2.22. The Morgan fingerprint density at radius 1 is 0.921 bits per heavy atom. The predicted molar refractivity (Wildman–Crippen MR) is 153 cm³/mol. The van der Waals surface area contributed by atoms with Gasteiger partial charge in [0.15, 0.2) is 0 Å². The number of anilines is 1. The Bertz CT molecular complexity index is 1630. The molecule has 1 saturated heterocycles. The van der Waals surface area contributed by atoms with E-state index in [1.165, 1.54) is 0 Å². The van der Waals surface area contributed by atoms with Gasteiger partial charge in [-0.25, -0.2) is 13.4 Å². The van der Waals surface area contributed by atoms with Crippen LogP contribution in [0.5, 0.6) is 0 Å². The molecule has 2 heterocycles. The highest BCUT2D eigenvalue weighted by molar-refractivity contribution is 7.89. The first-order valence-electron chi connectivity index (χ1n) is 12.8. The number of pyridine rings is 1. The first-order valence-corrected chi connectivity index (χ1v) is 14.6. The van der Waals surface area contributed by atoms with E-state index in [-0.39, 0.29) is 10.8 Å². The fourth-order valence-corrected chi connectivity index (χ4v) is 7.05. The lowest BCUT2D eigenvalue weighted by Crippen LogP contribution is -2.32. The van der Waals surface area contributed by atoms with E-state index in [1.54, 1.807) is 35.5 Å². The quantitative estimate of drug-likeness (QED) is 0.292. The van der Waals surface area contributed by atoms with Crippen LogP contribution in [0.1, 0.15) is 47.2 Å². The van der Waals surface area contributed by atoms with Gasteiger partial charge in [-0.15, -0.1) is 0 Å². The zero-order valence-corrected chi connectivity index (χ0v) is 23.1. The van der Waals surface area contributed by atoms with Gasteiger partial charge in [-0.3, -0.25) is 4.79 Å². The molecule has 0 saturated carbocycles. The minimum absolute atomic E-state index is 0.230. The van der Waals surface area contributed by atoms with Crippen LogP contribution in [0, 0.1) is 13.8 Å². The number of hydrogen-bond acceptors (Lipinski definition) is 4. The number of rotatable bonds is 5. The van der Waals surface area contributed by atoms with E-state index in [9.17, 15) is 13.2 Å². The van der Waals surface area contributed by atoms with Crippen molar-refractivity contribution in [1.82, 2.24) is 9.29 Å². The molecular formula is C30H30ClN3O3S.